The average molecular weight is 384 g/mol. The highest BCUT2D eigenvalue weighted by atomic mass is 35.5. The van der Waals surface area contributed by atoms with Crippen molar-refractivity contribution in [3.8, 4) is 5.75 Å². The maximum Gasteiger partial charge on any atom is 0.249 e. The van der Waals surface area contributed by atoms with E-state index in [0.29, 0.717) is 18.3 Å². The molecule has 2 aromatic carbocycles. The Hall–Kier alpha value is -2.86. The molecular formula is C20H22ClN5O. The van der Waals surface area contributed by atoms with Crippen LogP contribution in [0.4, 0.5) is 17.5 Å². The van der Waals surface area contributed by atoms with Gasteiger partial charge in [-0.25, -0.2) is 0 Å². The summed E-state index contributed by atoms with van der Waals surface area (Å²) in [7, 11) is 0. The van der Waals surface area contributed by atoms with Crippen molar-refractivity contribution in [3.63, 3.8) is 0 Å². The van der Waals surface area contributed by atoms with Crippen molar-refractivity contribution in [2.24, 2.45) is 0 Å². The zero-order valence-electron chi connectivity index (χ0n) is 15.3. The average Bonchev–Trinajstić information content (AvgIpc) is 2.63. The topological polar surface area (TPSA) is 72.0 Å². The van der Waals surface area contributed by atoms with Gasteiger partial charge in [0.25, 0.3) is 0 Å². The van der Waals surface area contributed by atoms with E-state index in [1.165, 1.54) is 0 Å². The Balaban J connectivity index is 1.62. The lowest BCUT2D eigenvalue weighted by Gasteiger charge is -2.14. The smallest absolute Gasteiger partial charge is 0.249 e. The molecule has 1 aromatic heterocycles. The fraction of sp³-hybridized carbons (Fsp3) is 0.250. The van der Waals surface area contributed by atoms with Gasteiger partial charge >= 0.3 is 0 Å². The maximum atomic E-state index is 6.01. The van der Waals surface area contributed by atoms with Crippen LogP contribution in [0, 0.1) is 0 Å². The summed E-state index contributed by atoms with van der Waals surface area (Å²) >= 11 is 6.01. The Morgan fingerprint density at radius 3 is 2.78 bits per heavy atom. The summed E-state index contributed by atoms with van der Waals surface area (Å²) in [6, 6.07) is 15.5. The minimum absolute atomic E-state index is 0.0754. The number of para-hydroxylation sites is 2. The number of hydrogen-bond donors (Lipinski definition) is 2. The standard InChI is InChI=1S/C20H22ClN5O/c1-14(2)27-18-9-4-3-8-17(18)24-20-25-19(13-23-26-20)22-11-10-15-6-5-7-16(21)12-15/h3-9,12-14H,10-11H2,1-2H3,(H2,22,24,25,26). The molecule has 1 heterocycles. The Morgan fingerprint density at radius 2 is 1.96 bits per heavy atom. The van der Waals surface area contributed by atoms with Gasteiger partial charge in [0.05, 0.1) is 18.0 Å². The third-order valence-electron chi connectivity index (χ3n) is 3.66. The summed E-state index contributed by atoms with van der Waals surface area (Å²) in [5, 5.41) is 15.2. The fourth-order valence-corrected chi connectivity index (χ4v) is 2.73. The molecule has 0 saturated heterocycles. The van der Waals surface area contributed by atoms with Crippen molar-refractivity contribution in [2.45, 2.75) is 26.4 Å². The molecule has 0 bridgehead atoms. The van der Waals surface area contributed by atoms with Gasteiger partial charge in [-0.05, 0) is 50.1 Å². The van der Waals surface area contributed by atoms with Crippen LogP contribution in [0.1, 0.15) is 19.4 Å². The lowest BCUT2D eigenvalue weighted by atomic mass is 10.1. The third kappa shape index (κ3) is 5.82. The number of ether oxygens (including phenoxy) is 1. The molecule has 0 spiro atoms. The zero-order chi connectivity index (χ0) is 19.1. The highest BCUT2D eigenvalue weighted by molar-refractivity contribution is 6.30. The second kappa shape index (κ2) is 9.19. The highest BCUT2D eigenvalue weighted by Crippen LogP contribution is 2.27. The maximum absolute atomic E-state index is 6.01. The fourth-order valence-electron chi connectivity index (χ4n) is 2.52. The number of nitrogens with one attached hydrogen (secondary N) is 2. The molecule has 7 heteroatoms. The van der Waals surface area contributed by atoms with Crippen LogP contribution in [0.15, 0.2) is 54.7 Å². The molecule has 0 atom stereocenters. The molecule has 0 saturated carbocycles. The molecule has 27 heavy (non-hydrogen) atoms. The van der Waals surface area contributed by atoms with E-state index in [9.17, 15) is 0 Å². The summed E-state index contributed by atoms with van der Waals surface area (Å²) in [6.45, 7) is 4.68. The molecule has 2 N–H and O–H groups in total. The van der Waals surface area contributed by atoms with Crippen LogP contribution in [-0.2, 0) is 6.42 Å². The van der Waals surface area contributed by atoms with Crippen LogP contribution in [0.5, 0.6) is 5.75 Å². The van der Waals surface area contributed by atoms with Gasteiger partial charge in [0.15, 0.2) is 5.82 Å². The van der Waals surface area contributed by atoms with Gasteiger partial charge < -0.3 is 15.4 Å². The molecule has 0 aliphatic carbocycles. The third-order valence-corrected chi connectivity index (χ3v) is 3.90. The van der Waals surface area contributed by atoms with Gasteiger partial charge in [-0.2, -0.15) is 10.1 Å². The van der Waals surface area contributed by atoms with E-state index in [1.54, 1.807) is 6.20 Å². The first-order valence-corrected chi connectivity index (χ1v) is 9.18. The number of hydrogen-bond acceptors (Lipinski definition) is 6. The molecule has 0 fully saturated rings. The van der Waals surface area contributed by atoms with Gasteiger partial charge in [0.2, 0.25) is 5.95 Å². The van der Waals surface area contributed by atoms with E-state index in [2.05, 4.69) is 25.8 Å². The molecule has 140 valence electrons. The molecule has 3 aromatic rings. The van der Waals surface area contributed by atoms with Crippen LogP contribution in [0.2, 0.25) is 5.02 Å². The van der Waals surface area contributed by atoms with Gasteiger partial charge in [0, 0.05) is 11.6 Å². The van der Waals surface area contributed by atoms with Crippen molar-refractivity contribution in [3.05, 3.63) is 65.3 Å². The van der Waals surface area contributed by atoms with Gasteiger partial charge in [-0.3, -0.25) is 0 Å². The second-order valence-corrected chi connectivity index (χ2v) is 6.70. The van der Waals surface area contributed by atoms with E-state index in [4.69, 9.17) is 16.3 Å². The lowest BCUT2D eigenvalue weighted by Crippen LogP contribution is -2.10. The Kier molecular flexibility index (Phi) is 6.44. The van der Waals surface area contributed by atoms with Gasteiger partial charge in [-0.15, -0.1) is 5.10 Å². The van der Waals surface area contributed by atoms with Crippen LogP contribution >= 0.6 is 11.6 Å². The monoisotopic (exact) mass is 383 g/mol. The minimum atomic E-state index is 0.0754. The number of benzene rings is 2. The Morgan fingerprint density at radius 1 is 1.11 bits per heavy atom. The molecular weight excluding hydrogens is 362 g/mol. The number of rotatable bonds is 8. The Labute approximate surface area is 164 Å². The van der Waals surface area contributed by atoms with Crippen molar-refractivity contribution in [2.75, 3.05) is 17.2 Å². The number of anilines is 3. The Bertz CT molecular complexity index is 888. The van der Waals surface area contributed by atoms with Crippen LogP contribution in [0.3, 0.4) is 0 Å². The number of aromatic nitrogens is 3. The normalized spacial score (nSPS) is 10.7. The van der Waals surface area contributed by atoms with E-state index in [-0.39, 0.29) is 6.10 Å². The minimum Gasteiger partial charge on any atom is -0.489 e. The summed E-state index contributed by atoms with van der Waals surface area (Å²) in [5.41, 5.74) is 1.96. The molecule has 6 nitrogen and oxygen atoms in total. The molecule has 3 rings (SSSR count). The predicted molar refractivity (Wildman–Crippen MR) is 109 cm³/mol. The van der Waals surface area contributed by atoms with Crippen molar-refractivity contribution < 1.29 is 4.74 Å². The van der Waals surface area contributed by atoms with E-state index >= 15 is 0 Å². The second-order valence-electron chi connectivity index (χ2n) is 6.26. The van der Waals surface area contributed by atoms with Gasteiger partial charge in [0.1, 0.15) is 5.75 Å². The van der Waals surface area contributed by atoms with Crippen molar-refractivity contribution in [1.82, 2.24) is 15.2 Å². The number of nitrogens with zero attached hydrogens (tertiary/aromatic N) is 3. The predicted octanol–water partition coefficient (Wildman–Crippen LogP) is 4.71. The largest absolute Gasteiger partial charge is 0.489 e. The highest BCUT2D eigenvalue weighted by Gasteiger charge is 2.08. The summed E-state index contributed by atoms with van der Waals surface area (Å²) in [5.74, 6) is 1.80. The van der Waals surface area contributed by atoms with Crippen molar-refractivity contribution in [1.29, 1.82) is 0 Å². The van der Waals surface area contributed by atoms with E-state index in [0.717, 1.165) is 28.4 Å². The molecule has 0 unspecified atom stereocenters. The zero-order valence-corrected chi connectivity index (χ0v) is 16.1. The SMILES string of the molecule is CC(C)Oc1ccccc1Nc1nncc(NCCc2cccc(Cl)c2)n1. The van der Waals surface area contributed by atoms with Crippen LogP contribution < -0.4 is 15.4 Å². The molecule has 0 radical (unpaired) electrons. The molecule has 0 aliphatic rings. The lowest BCUT2D eigenvalue weighted by molar-refractivity contribution is 0.244. The summed E-state index contributed by atoms with van der Waals surface area (Å²) in [6.07, 6.45) is 2.50. The van der Waals surface area contributed by atoms with E-state index in [1.807, 2.05) is 62.4 Å². The summed E-state index contributed by atoms with van der Waals surface area (Å²) in [4.78, 5) is 4.46. The molecule has 0 amide bonds. The van der Waals surface area contributed by atoms with E-state index < -0.39 is 0 Å². The summed E-state index contributed by atoms with van der Waals surface area (Å²) < 4.78 is 5.81. The van der Waals surface area contributed by atoms with Crippen LogP contribution in [0.25, 0.3) is 0 Å². The first-order chi connectivity index (χ1) is 13.1. The first-order valence-electron chi connectivity index (χ1n) is 8.81. The van der Waals surface area contributed by atoms with Gasteiger partial charge in [-0.1, -0.05) is 35.9 Å². The number of halogens is 1. The van der Waals surface area contributed by atoms with Crippen LogP contribution in [-0.4, -0.2) is 27.8 Å². The molecule has 0 aliphatic heterocycles. The van der Waals surface area contributed by atoms with Crippen molar-refractivity contribution >= 4 is 29.1 Å². The first kappa shape index (κ1) is 18.9. The quantitative estimate of drug-likeness (QED) is 0.587.